The van der Waals surface area contributed by atoms with Gasteiger partial charge in [0, 0.05) is 5.56 Å². The highest BCUT2D eigenvalue weighted by Gasteiger charge is 2.11. The van der Waals surface area contributed by atoms with Crippen molar-refractivity contribution in [3.8, 4) is 11.3 Å². The van der Waals surface area contributed by atoms with E-state index >= 15 is 0 Å². The van der Waals surface area contributed by atoms with Crippen LogP contribution in [0.15, 0.2) is 30.3 Å². The summed E-state index contributed by atoms with van der Waals surface area (Å²) in [5.74, 6) is 0.484. The number of hydrogen-bond acceptors (Lipinski definition) is 4. The summed E-state index contributed by atoms with van der Waals surface area (Å²) in [7, 11) is 0. The molecule has 2 heterocycles. The van der Waals surface area contributed by atoms with Crippen LogP contribution in [-0.4, -0.2) is 20.2 Å². The first-order chi connectivity index (χ1) is 8.25. The molecular weight excluding hydrogens is 234 g/mol. The number of nitrogens with one attached hydrogen (secondary N) is 2. The lowest BCUT2D eigenvalue weighted by molar-refractivity contribution is 1.09. The first kappa shape index (κ1) is 9.98. The van der Waals surface area contributed by atoms with Crippen LogP contribution in [-0.2, 0) is 0 Å². The topological polar surface area (TPSA) is 83.4 Å². The number of H-pyrrole nitrogens is 2. The number of rotatable bonds is 1. The predicted octanol–water partition coefficient (Wildman–Crippen LogP) is 2.26. The second-order valence-corrected chi connectivity index (χ2v) is 4.00. The minimum Gasteiger partial charge on any atom is -0.383 e. The summed E-state index contributed by atoms with van der Waals surface area (Å²) >= 11 is 5.07. The van der Waals surface area contributed by atoms with E-state index in [0.717, 1.165) is 16.6 Å². The molecule has 1 aromatic carbocycles. The fraction of sp³-hybridized carbons (Fsp3) is 0. The van der Waals surface area contributed by atoms with Gasteiger partial charge in [-0.05, 0) is 12.2 Å². The van der Waals surface area contributed by atoms with E-state index in [1.807, 2.05) is 30.3 Å². The van der Waals surface area contributed by atoms with Crippen molar-refractivity contribution in [1.29, 1.82) is 0 Å². The molecule has 0 spiro atoms. The number of fused-ring (bicyclic) bond motifs is 1. The molecule has 0 atom stereocenters. The molecule has 3 aromatic rings. The van der Waals surface area contributed by atoms with Crippen molar-refractivity contribution in [2.24, 2.45) is 0 Å². The minimum absolute atomic E-state index is 0.392. The summed E-state index contributed by atoms with van der Waals surface area (Å²) in [5, 5.41) is 7.55. The van der Waals surface area contributed by atoms with Crippen molar-refractivity contribution in [1.82, 2.24) is 20.2 Å². The average molecular weight is 243 g/mol. The summed E-state index contributed by atoms with van der Waals surface area (Å²) in [5.41, 5.74) is 8.19. The van der Waals surface area contributed by atoms with Crippen molar-refractivity contribution in [2.75, 3.05) is 5.73 Å². The van der Waals surface area contributed by atoms with Gasteiger partial charge in [0.2, 0.25) is 0 Å². The summed E-state index contributed by atoms with van der Waals surface area (Å²) in [6.45, 7) is 0. The minimum atomic E-state index is 0.392. The number of aromatic nitrogens is 4. The molecule has 3 rings (SSSR count). The molecule has 0 saturated heterocycles. The lowest BCUT2D eigenvalue weighted by atomic mass is 10.1. The molecule has 2 aromatic heterocycles. The molecule has 84 valence electrons. The zero-order valence-corrected chi connectivity index (χ0v) is 9.58. The number of aromatic amines is 2. The van der Waals surface area contributed by atoms with Crippen LogP contribution < -0.4 is 5.73 Å². The normalized spacial score (nSPS) is 10.8. The van der Waals surface area contributed by atoms with E-state index in [1.54, 1.807) is 0 Å². The Hall–Kier alpha value is -2.21. The highest BCUT2D eigenvalue weighted by Crippen LogP contribution is 2.27. The molecule has 0 aliphatic rings. The Balaban J connectivity index is 2.43. The standard InChI is InChI=1S/C11H9N5S/c12-9-7-8(6-4-2-1-3-5-6)13-11(17)14-10(7)16-15-9/h1-5H,(H4,12,13,14,15,16,17). The molecule has 6 heteroatoms. The molecule has 0 saturated carbocycles. The monoisotopic (exact) mass is 243 g/mol. The molecule has 0 amide bonds. The van der Waals surface area contributed by atoms with Crippen LogP contribution >= 0.6 is 12.2 Å². The van der Waals surface area contributed by atoms with Gasteiger partial charge in [0.15, 0.2) is 10.4 Å². The molecule has 17 heavy (non-hydrogen) atoms. The number of nitrogens with two attached hydrogens (primary N) is 1. The quantitative estimate of drug-likeness (QED) is 0.572. The maximum Gasteiger partial charge on any atom is 0.199 e. The number of hydrogen-bond donors (Lipinski definition) is 3. The number of nitrogens with zero attached hydrogens (tertiary/aromatic N) is 2. The molecule has 0 aliphatic heterocycles. The third kappa shape index (κ3) is 1.58. The third-order valence-corrected chi connectivity index (χ3v) is 2.71. The van der Waals surface area contributed by atoms with Gasteiger partial charge in [-0.1, -0.05) is 30.3 Å². The second-order valence-electron chi connectivity index (χ2n) is 3.62. The maximum absolute atomic E-state index is 5.85. The van der Waals surface area contributed by atoms with E-state index in [9.17, 15) is 0 Å². The average Bonchev–Trinajstić information content (AvgIpc) is 2.71. The van der Waals surface area contributed by atoms with Gasteiger partial charge in [-0.2, -0.15) is 5.10 Å². The Morgan fingerprint density at radius 2 is 1.94 bits per heavy atom. The third-order valence-electron chi connectivity index (χ3n) is 2.52. The van der Waals surface area contributed by atoms with Crippen LogP contribution in [0.4, 0.5) is 5.82 Å². The van der Waals surface area contributed by atoms with E-state index in [0.29, 0.717) is 16.2 Å². The van der Waals surface area contributed by atoms with Gasteiger partial charge in [0.25, 0.3) is 0 Å². The van der Waals surface area contributed by atoms with Gasteiger partial charge < -0.3 is 10.7 Å². The van der Waals surface area contributed by atoms with Gasteiger partial charge in [0.05, 0.1) is 11.1 Å². The smallest absolute Gasteiger partial charge is 0.199 e. The highest BCUT2D eigenvalue weighted by molar-refractivity contribution is 7.71. The molecule has 0 unspecified atom stereocenters. The number of anilines is 1. The lowest BCUT2D eigenvalue weighted by Gasteiger charge is -2.02. The van der Waals surface area contributed by atoms with Crippen LogP contribution in [0, 0.1) is 4.77 Å². The van der Waals surface area contributed by atoms with E-state index < -0.39 is 0 Å². The molecule has 0 aliphatic carbocycles. The van der Waals surface area contributed by atoms with E-state index in [2.05, 4.69) is 20.2 Å². The number of benzene rings is 1. The maximum atomic E-state index is 5.85. The Bertz CT molecular complexity index is 728. The second kappa shape index (κ2) is 3.67. The van der Waals surface area contributed by atoms with Crippen molar-refractivity contribution in [2.45, 2.75) is 0 Å². The van der Waals surface area contributed by atoms with Crippen LogP contribution in [0.5, 0.6) is 0 Å². The van der Waals surface area contributed by atoms with E-state index in [1.165, 1.54) is 0 Å². The summed E-state index contributed by atoms with van der Waals surface area (Å²) in [6.07, 6.45) is 0. The molecule has 0 bridgehead atoms. The van der Waals surface area contributed by atoms with Gasteiger partial charge in [-0.15, -0.1) is 0 Å². The van der Waals surface area contributed by atoms with Gasteiger partial charge in [-0.25, -0.2) is 4.98 Å². The summed E-state index contributed by atoms with van der Waals surface area (Å²) in [6, 6.07) is 9.76. The van der Waals surface area contributed by atoms with Crippen molar-refractivity contribution in [3.63, 3.8) is 0 Å². The molecule has 0 fully saturated rings. The Labute approximate surface area is 102 Å². The summed E-state index contributed by atoms with van der Waals surface area (Å²) < 4.78 is 0.392. The molecular formula is C11H9N5S. The predicted molar refractivity (Wildman–Crippen MR) is 68.9 cm³/mol. The lowest BCUT2D eigenvalue weighted by Crippen LogP contribution is -1.92. The Morgan fingerprint density at radius 3 is 2.71 bits per heavy atom. The van der Waals surface area contributed by atoms with Gasteiger partial charge in [0.1, 0.15) is 5.82 Å². The van der Waals surface area contributed by atoms with Crippen LogP contribution in [0.1, 0.15) is 0 Å². The Kier molecular flexibility index (Phi) is 2.15. The summed E-state index contributed by atoms with van der Waals surface area (Å²) in [4.78, 5) is 7.23. The van der Waals surface area contributed by atoms with Crippen molar-refractivity contribution in [3.05, 3.63) is 35.1 Å². The van der Waals surface area contributed by atoms with Gasteiger partial charge >= 0.3 is 0 Å². The molecule has 5 nitrogen and oxygen atoms in total. The largest absolute Gasteiger partial charge is 0.383 e. The molecule has 0 radical (unpaired) electrons. The molecule has 4 N–H and O–H groups in total. The SMILES string of the molecule is Nc1[nH]nc2[nH]c(=S)nc(-c3ccccc3)c12. The van der Waals surface area contributed by atoms with Gasteiger partial charge in [-0.3, -0.25) is 5.10 Å². The van der Waals surface area contributed by atoms with Crippen LogP contribution in [0.3, 0.4) is 0 Å². The number of nitrogen functional groups attached to an aromatic ring is 1. The van der Waals surface area contributed by atoms with Crippen molar-refractivity contribution >= 4 is 29.1 Å². The zero-order chi connectivity index (χ0) is 11.8. The highest BCUT2D eigenvalue weighted by atomic mass is 32.1. The first-order valence-electron chi connectivity index (χ1n) is 5.05. The fourth-order valence-electron chi connectivity index (χ4n) is 1.78. The first-order valence-corrected chi connectivity index (χ1v) is 5.46. The van der Waals surface area contributed by atoms with E-state index in [-0.39, 0.29) is 0 Å². The Morgan fingerprint density at radius 1 is 1.18 bits per heavy atom. The fourth-order valence-corrected chi connectivity index (χ4v) is 1.97. The van der Waals surface area contributed by atoms with E-state index in [4.69, 9.17) is 18.0 Å². The van der Waals surface area contributed by atoms with Crippen molar-refractivity contribution < 1.29 is 0 Å². The van der Waals surface area contributed by atoms with Crippen LogP contribution in [0.2, 0.25) is 0 Å². The van der Waals surface area contributed by atoms with Crippen LogP contribution in [0.25, 0.3) is 22.3 Å². The zero-order valence-electron chi connectivity index (χ0n) is 8.77.